The molecule has 0 radical (unpaired) electrons. The van der Waals surface area contributed by atoms with Crippen molar-refractivity contribution in [1.82, 2.24) is 9.88 Å². The maximum atomic E-state index is 5.86. The SMILES string of the molecule is CC(CCN(C)C)Nc1c(N)cncc1Br. The standard InChI is InChI=1S/C11H19BrN4/c1-8(4-5-16(2)3)15-11-9(12)6-14-7-10(11)13/h6-8H,4-5,13H2,1-3H3,(H,14,15). The van der Waals surface area contributed by atoms with E-state index in [1.807, 2.05) is 0 Å². The predicted octanol–water partition coefficient (Wildman–Crippen LogP) is 2.18. The second kappa shape index (κ2) is 6.06. The van der Waals surface area contributed by atoms with Crippen LogP contribution in [0.25, 0.3) is 0 Å². The Labute approximate surface area is 105 Å². The van der Waals surface area contributed by atoms with Crippen LogP contribution >= 0.6 is 15.9 Å². The molecule has 0 aliphatic rings. The minimum absolute atomic E-state index is 0.378. The first-order chi connectivity index (χ1) is 7.50. The molecule has 0 saturated carbocycles. The lowest BCUT2D eigenvalue weighted by Crippen LogP contribution is -2.23. The molecule has 3 N–H and O–H groups in total. The Balaban J connectivity index is 2.59. The first kappa shape index (κ1) is 13.3. The zero-order valence-electron chi connectivity index (χ0n) is 10.00. The van der Waals surface area contributed by atoms with E-state index in [1.54, 1.807) is 12.4 Å². The van der Waals surface area contributed by atoms with Gasteiger partial charge in [-0.2, -0.15) is 0 Å². The number of nitrogens with one attached hydrogen (secondary N) is 1. The summed E-state index contributed by atoms with van der Waals surface area (Å²) in [5.41, 5.74) is 7.46. The second-order valence-electron chi connectivity index (χ2n) is 4.22. The lowest BCUT2D eigenvalue weighted by atomic mass is 10.2. The first-order valence-corrected chi connectivity index (χ1v) is 6.10. The van der Waals surface area contributed by atoms with Gasteiger partial charge in [0.05, 0.1) is 22.0 Å². The molecule has 1 rings (SSSR count). The number of hydrogen-bond acceptors (Lipinski definition) is 4. The highest BCUT2D eigenvalue weighted by Crippen LogP contribution is 2.27. The van der Waals surface area contributed by atoms with Crippen LogP contribution < -0.4 is 11.1 Å². The van der Waals surface area contributed by atoms with Gasteiger partial charge in [-0.15, -0.1) is 0 Å². The van der Waals surface area contributed by atoms with Crippen molar-refractivity contribution in [3.05, 3.63) is 16.9 Å². The van der Waals surface area contributed by atoms with Gasteiger partial charge in [0, 0.05) is 12.2 Å². The highest BCUT2D eigenvalue weighted by molar-refractivity contribution is 9.10. The van der Waals surface area contributed by atoms with Crippen LogP contribution in [-0.4, -0.2) is 36.6 Å². The molecule has 1 atom stereocenters. The first-order valence-electron chi connectivity index (χ1n) is 5.31. The average Bonchev–Trinajstić information content (AvgIpc) is 2.21. The number of nitrogens with two attached hydrogens (primary N) is 1. The summed E-state index contributed by atoms with van der Waals surface area (Å²) in [6, 6.07) is 0.378. The van der Waals surface area contributed by atoms with Gasteiger partial charge in [-0.3, -0.25) is 4.98 Å². The molecule has 0 amide bonds. The van der Waals surface area contributed by atoms with E-state index in [-0.39, 0.29) is 0 Å². The average molecular weight is 287 g/mol. The molecule has 90 valence electrons. The number of aromatic nitrogens is 1. The third-order valence-electron chi connectivity index (χ3n) is 2.33. The van der Waals surface area contributed by atoms with Crippen LogP contribution in [0.1, 0.15) is 13.3 Å². The zero-order chi connectivity index (χ0) is 12.1. The van der Waals surface area contributed by atoms with Crippen molar-refractivity contribution in [1.29, 1.82) is 0 Å². The number of nitrogen functional groups attached to an aromatic ring is 1. The lowest BCUT2D eigenvalue weighted by Gasteiger charge is -2.19. The van der Waals surface area contributed by atoms with E-state index in [0.717, 1.165) is 23.1 Å². The van der Waals surface area contributed by atoms with E-state index >= 15 is 0 Å². The molecule has 0 fully saturated rings. The summed E-state index contributed by atoms with van der Waals surface area (Å²) >= 11 is 3.44. The van der Waals surface area contributed by atoms with Crippen LogP contribution in [0, 0.1) is 0 Å². The Morgan fingerprint density at radius 2 is 2.19 bits per heavy atom. The number of hydrogen-bond donors (Lipinski definition) is 2. The van der Waals surface area contributed by atoms with Gasteiger partial charge in [-0.25, -0.2) is 0 Å². The molecule has 0 spiro atoms. The van der Waals surface area contributed by atoms with E-state index in [2.05, 4.69) is 52.1 Å². The van der Waals surface area contributed by atoms with Crippen molar-refractivity contribution in [2.45, 2.75) is 19.4 Å². The molecular formula is C11H19BrN4. The van der Waals surface area contributed by atoms with Gasteiger partial charge >= 0.3 is 0 Å². The summed E-state index contributed by atoms with van der Waals surface area (Å²) in [5, 5.41) is 3.40. The molecule has 0 aromatic carbocycles. The summed E-state index contributed by atoms with van der Waals surface area (Å²) in [6.45, 7) is 3.20. The molecule has 1 aromatic heterocycles. The molecule has 1 unspecified atom stereocenters. The van der Waals surface area contributed by atoms with Crippen LogP contribution in [0.3, 0.4) is 0 Å². The molecule has 1 heterocycles. The molecule has 0 saturated heterocycles. The largest absolute Gasteiger partial charge is 0.396 e. The monoisotopic (exact) mass is 286 g/mol. The minimum atomic E-state index is 0.378. The van der Waals surface area contributed by atoms with E-state index in [0.29, 0.717) is 11.7 Å². The highest BCUT2D eigenvalue weighted by Gasteiger charge is 2.08. The fourth-order valence-electron chi connectivity index (χ4n) is 1.37. The topological polar surface area (TPSA) is 54.2 Å². The van der Waals surface area contributed by atoms with Crippen LogP contribution in [-0.2, 0) is 0 Å². The van der Waals surface area contributed by atoms with Gasteiger partial charge in [-0.1, -0.05) is 0 Å². The Kier molecular flexibility index (Phi) is 5.02. The Hall–Kier alpha value is -0.810. The fraction of sp³-hybridized carbons (Fsp3) is 0.545. The molecular weight excluding hydrogens is 268 g/mol. The van der Waals surface area contributed by atoms with Crippen LogP contribution in [0.4, 0.5) is 11.4 Å². The molecule has 0 bridgehead atoms. The number of rotatable bonds is 5. The quantitative estimate of drug-likeness (QED) is 0.871. The zero-order valence-corrected chi connectivity index (χ0v) is 11.6. The molecule has 1 aromatic rings. The maximum absolute atomic E-state index is 5.86. The van der Waals surface area contributed by atoms with Gasteiger partial charge in [0.15, 0.2) is 0 Å². The summed E-state index contributed by atoms with van der Waals surface area (Å²) in [7, 11) is 4.15. The Bertz CT molecular complexity index is 321. The summed E-state index contributed by atoms with van der Waals surface area (Å²) in [5.74, 6) is 0. The van der Waals surface area contributed by atoms with Gasteiger partial charge in [0.2, 0.25) is 0 Å². The third-order valence-corrected chi connectivity index (χ3v) is 2.93. The normalized spacial score (nSPS) is 12.8. The Morgan fingerprint density at radius 3 is 2.75 bits per heavy atom. The minimum Gasteiger partial charge on any atom is -0.396 e. The van der Waals surface area contributed by atoms with Crippen LogP contribution in [0.5, 0.6) is 0 Å². The molecule has 0 aliphatic carbocycles. The van der Waals surface area contributed by atoms with Crippen LogP contribution in [0.2, 0.25) is 0 Å². The molecule has 0 aliphatic heterocycles. The molecule has 16 heavy (non-hydrogen) atoms. The third kappa shape index (κ3) is 3.98. The van der Waals surface area contributed by atoms with Gasteiger partial charge in [0.25, 0.3) is 0 Å². The molecule has 5 heteroatoms. The van der Waals surface area contributed by atoms with Gasteiger partial charge in [0.1, 0.15) is 0 Å². The highest BCUT2D eigenvalue weighted by atomic mass is 79.9. The van der Waals surface area contributed by atoms with Crippen molar-refractivity contribution in [3.8, 4) is 0 Å². The van der Waals surface area contributed by atoms with E-state index in [9.17, 15) is 0 Å². The van der Waals surface area contributed by atoms with E-state index < -0.39 is 0 Å². The van der Waals surface area contributed by atoms with Crippen molar-refractivity contribution < 1.29 is 0 Å². The summed E-state index contributed by atoms with van der Waals surface area (Å²) in [6.07, 6.45) is 4.48. The number of anilines is 2. The fourth-order valence-corrected chi connectivity index (χ4v) is 1.83. The second-order valence-corrected chi connectivity index (χ2v) is 5.08. The van der Waals surface area contributed by atoms with Crippen molar-refractivity contribution in [2.24, 2.45) is 0 Å². The van der Waals surface area contributed by atoms with Gasteiger partial charge in [-0.05, 0) is 49.9 Å². The Morgan fingerprint density at radius 1 is 1.50 bits per heavy atom. The number of pyridine rings is 1. The van der Waals surface area contributed by atoms with Crippen molar-refractivity contribution in [3.63, 3.8) is 0 Å². The number of nitrogens with zero attached hydrogens (tertiary/aromatic N) is 2. The van der Waals surface area contributed by atoms with Crippen LogP contribution in [0.15, 0.2) is 16.9 Å². The lowest BCUT2D eigenvalue weighted by molar-refractivity contribution is 0.390. The van der Waals surface area contributed by atoms with E-state index in [1.165, 1.54) is 0 Å². The summed E-state index contributed by atoms with van der Waals surface area (Å²) in [4.78, 5) is 6.18. The number of halogens is 1. The smallest absolute Gasteiger partial charge is 0.0752 e. The van der Waals surface area contributed by atoms with Gasteiger partial charge < -0.3 is 16.0 Å². The summed E-state index contributed by atoms with van der Waals surface area (Å²) < 4.78 is 0.907. The maximum Gasteiger partial charge on any atom is 0.0752 e. The molecule has 4 nitrogen and oxygen atoms in total. The van der Waals surface area contributed by atoms with Crippen molar-refractivity contribution >= 4 is 27.3 Å². The van der Waals surface area contributed by atoms with Crippen molar-refractivity contribution in [2.75, 3.05) is 31.7 Å². The van der Waals surface area contributed by atoms with E-state index in [4.69, 9.17) is 5.73 Å². The predicted molar refractivity (Wildman–Crippen MR) is 72.6 cm³/mol.